The molecule has 1 aliphatic heterocycles. The van der Waals surface area contributed by atoms with Crippen LogP contribution in [0.1, 0.15) is 17.9 Å². The molecule has 0 spiro atoms. The first-order valence-electron chi connectivity index (χ1n) is 6.16. The van der Waals surface area contributed by atoms with Gasteiger partial charge < -0.3 is 9.47 Å². The summed E-state index contributed by atoms with van der Waals surface area (Å²) in [5.41, 5.74) is 1.45. The molecule has 1 fully saturated rings. The Morgan fingerprint density at radius 2 is 1.94 bits per heavy atom. The van der Waals surface area contributed by atoms with Crippen LogP contribution in [0, 0.1) is 0 Å². The van der Waals surface area contributed by atoms with E-state index in [0.29, 0.717) is 5.92 Å². The van der Waals surface area contributed by atoms with Crippen LogP contribution in [0.5, 0.6) is 0 Å². The second-order valence-corrected chi connectivity index (χ2v) is 4.56. The highest BCUT2D eigenvalue weighted by Gasteiger charge is 2.25. The van der Waals surface area contributed by atoms with Crippen molar-refractivity contribution in [1.82, 2.24) is 4.90 Å². The summed E-state index contributed by atoms with van der Waals surface area (Å²) in [6, 6.07) is 10.7. The van der Waals surface area contributed by atoms with Crippen LogP contribution in [0.3, 0.4) is 0 Å². The first-order chi connectivity index (χ1) is 8.33. The maximum absolute atomic E-state index is 5.24. The molecule has 1 saturated heterocycles. The third-order valence-electron chi connectivity index (χ3n) is 3.48. The van der Waals surface area contributed by atoms with Gasteiger partial charge in [0.05, 0.1) is 0 Å². The zero-order valence-electron chi connectivity index (χ0n) is 10.6. The number of methoxy groups -OCH3 is 2. The van der Waals surface area contributed by atoms with Crippen molar-refractivity contribution < 1.29 is 9.47 Å². The lowest BCUT2D eigenvalue weighted by Crippen LogP contribution is -2.32. The van der Waals surface area contributed by atoms with Crippen molar-refractivity contribution in [2.45, 2.75) is 18.6 Å². The molecule has 3 nitrogen and oxygen atoms in total. The van der Waals surface area contributed by atoms with E-state index in [-0.39, 0.29) is 6.29 Å². The predicted molar refractivity (Wildman–Crippen MR) is 68.0 cm³/mol. The molecule has 0 N–H and O–H groups in total. The third kappa shape index (κ3) is 3.28. The first kappa shape index (κ1) is 12.6. The molecule has 0 saturated carbocycles. The highest BCUT2D eigenvalue weighted by molar-refractivity contribution is 5.20. The van der Waals surface area contributed by atoms with Gasteiger partial charge in [0.15, 0.2) is 6.29 Å². The molecule has 1 aliphatic rings. The van der Waals surface area contributed by atoms with Gasteiger partial charge in [0.2, 0.25) is 0 Å². The van der Waals surface area contributed by atoms with Gasteiger partial charge in [-0.3, -0.25) is 4.90 Å². The number of ether oxygens (including phenoxy) is 2. The summed E-state index contributed by atoms with van der Waals surface area (Å²) in [4.78, 5) is 2.41. The smallest absolute Gasteiger partial charge is 0.169 e. The van der Waals surface area contributed by atoms with Gasteiger partial charge >= 0.3 is 0 Å². The maximum atomic E-state index is 5.24. The zero-order chi connectivity index (χ0) is 12.1. The average Bonchev–Trinajstić information content (AvgIpc) is 2.85. The fraction of sp³-hybridized carbons (Fsp3) is 0.571. The number of hydrogen-bond donors (Lipinski definition) is 0. The molecule has 0 amide bonds. The molecule has 0 aliphatic carbocycles. The van der Waals surface area contributed by atoms with Gasteiger partial charge in [-0.2, -0.15) is 0 Å². The van der Waals surface area contributed by atoms with Crippen LogP contribution < -0.4 is 0 Å². The van der Waals surface area contributed by atoms with Crippen LogP contribution in [-0.2, 0) is 9.47 Å². The number of hydrogen-bond acceptors (Lipinski definition) is 3. The Bertz CT molecular complexity index is 324. The molecular weight excluding hydrogens is 214 g/mol. The molecular formula is C14H21NO2. The standard InChI is InChI=1S/C14H21NO2/c1-16-14(17-2)11-15-9-8-13(10-15)12-6-4-3-5-7-12/h3-7,13-14H,8-11H2,1-2H3. The van der Waals surface area contributed by atoms with Crippen molar-refractivity contribution in [2.75, 3.05) is 33.9 Å². The molecule has 3 heteroatoms. The fourth-order valence-corrected chi connectivity index (χ4v) is 2.45. The summed E-state index contributed by atoms with van der Waals surface area (Å²) in [5, 5.41) is 0. The van der Waals surface area contributed by atoms with Gasteiger partial charge in [-0.15, -0.1) is 0 Å². The van der Waals surface area contributed by atoms with Crippen molar-refractivity contribution in [3.05, 3.63) is 35.9 Å². The molecule has 94 valence electrons. The van der Waals surface area contributed by atoms with Gasteiger partial charge in [-0.25, -0.2) is 0 Å². The van der Waals surface area contributed by atoms with Crippen LogP contribution in [0.2, 0.25) is 0 Å². The van der Waals surface area contributed by atoms with E-state index in [2.05, 4.69) is 35.2 Å². The van der Waals surface area contributed by atoms with E-state index in [1.165, 1.54) is 12.0 Å². The van der Waals surface area contributed by atoms with E-state index in [1.807, 2.05) is 0 Å². The Morgan fingerprint density at radius 3 is 2.59 bits per heavy atom. The molecule has 1 aromatic rings. The van der Waals surface area contributed by atoms with Gasteiger partial charge in [-0.05, 0) is 24.4 Å². The van der Waals surface area contributed by atoms with Gasteiger partial charge in [0.1, 0.15) is 0 Å². The first-order valence-corrected chi connectivity index (χ1v) is 6.16. The number of rotatable bonds is 5. The van der Waals surface area contributed by atoms with Crippen LogP contribution in [0.4, 0.5) is 0 Å². The molecule has 0 bridgehead atoms. The molecule has 1 heterocycles. The van der Waals surface area contributed by atoms with Gasteiger partial charge in [0.25, 0.3) is 0 Å². The quantitative estimate of drug-likeness (QED) is 0.729. The van der Waals surface area contributed by atoms with E-state index < -0.39 is 0 Å². The minimum atomic E-state index is -0.107. The fourth-order valence-electron chi connectivity index (χ4n) is 2.45. The van der Waals surface area contributed by atoms with Crippen molar-refractivity contribution in [1.29, 1.82) is 0 Å². The molecule has 1 unspecified atom stereocenters. The minimum absolute atomic E-state index is 0.107. The number of benzene rings is 1. The molecule has 0 aromatic heterocycles. The Hall–Kier alpha value is -0.900. The van der Waals surface area contributed by atoms with Crippen molar-refractivity contribution in [2.24, 2.45) is 0 Å². The number of likely N-dealkylation sites (tertiary alicyclic amines) is 1. The van der Waals surface area contributed by atoms with E-state index in [1.54, 1.807) is 14.2 Å². The normalized spacial score (nSPS) is 21.2. The van der Waals surface area contributed by atoms with E-state index in [4.69, 9.17) is 9.47 Å². The van der Waals surface area contributed by atoms with E-state index >= 15 is 0 Å². The molecule has 0 radical (unpaired) electrons. The summed E-state index contributed by atoms with van der Waals surface area (Å²) < 4.78 is 10.5. The van der Waals surface area contributed by atoms with Gasteiger partial charge in [-0.1, -0.05) is 30.3 Å². The second kappa shape index (κ2) is 6.15. The molecule has 17 heavy (non-hydrogen) atoms. The van der Waals surface area contributed by atoms with E-state index in [9.17, 15) is 0 Å². The maximum Gasteiger partial charge on any atom is 0.169 e. The monoisotopic (exact) mass is 235 g/mol. The average molecular weight is 235 g/mol. The zero-order valence-corrected chi connectivity index (χ0v) is 10.6. The number of nitrogens with zero attached hydrogens (tertiary/aromatic N) is 1. The Labute approximate surface area is 103 Å². The summed E-state index contributed by atoms with van der Waals surface area (Å²) in [7, 11) is 3.39. The van der Waals surface area contributed by atoms with Crippen LogP contribution in [-0.4, -0.2) is 45.0 Å². The highest BCUT2D eigenvalue weighted by Crippen LogP contribution is 2.26. The van der Waals surface area contributed by atoms with Crippen LogP contribution in [0.15, 0.2) is 30.3 Å². The molecule has 1 aromatic carbocycles. The van der Waals surface area contributed by atoms with Crippen LogP contribution >= 0.6 is 0 Å². The SMILES string of the molecule is COC(CN1CCC(c2ccccc2)C1)OC. The van der Waals surface area contributed by atoms with Crippen molar-refractivity contribution >= 4 is 0 Å². The van der Waals surface area contributed by atoms with E-state index in [0.717, 1.165) is 19.6 Å². The van der Waals surface area contributed by atoms with Crippen molar-refractivity contribution in [3.63, 3.8) is 0 Å². The third-order valence-corrected chi connectivity index (χ3v) is 3.48. The molecule has 2 rings (SSSR count). The van der Waals surface area contributed by atoms with Crippen molar-refractivity contribution in [3.8, 4) is 0 Å². The topological polar surface area (TPSA) is 21.7 Å². The van der Waals surface area contributed by atoms with Crippen LogP contribution in [0.25, 0.3) is 0 Å². The second-order valence-electron chi connectivity index (χ2n) is 4.56. The lowest BCUT2D eigenvalue weighted by atomic mass is 9.99. The lowest BCUT2D eigenvalue weighted by Gasteiger charge is -2.21. The minimum Gasteiger partial charge on any atom is -0.355 e. The summed E-state index contributed by atoms with van der Waals surface area (Å²) in [5.74, 6) is 0.658. The van der Waals surface area contributed by atoms with Gasteiger partial charge in [0, 0.05) is 27.3 Å². The largest absolute Gasteiger partial charge is 0.355 e. The highest BCUT2D eigenvalue weighted by atomic mass is 16.7. The Kier molecular flexibility index (Phi) is 4.54. The summed E-state index contributed by atoms with van der Waals surface area (Å²) in [6.07, 6.45) is 1.12. The Balaban J connectivity index is 1.87. The lowest BCUT2D eigenvalue weighted by molar-refractivity contribution is -0.114. The molecule has 1 atom stereocenters. The summed E-state index contributed by atoms with van der Waals surface area (Å²) in [6.45, 7) is 3.09. The summed E-state index contributed by atoms with van der Waals surface area (Å²) >= 11 is 0. The Morgan fingerprint density at radius 1 is 1.24 bits per heavy atom. The predicted octanol–water partition coefficient (Wildman–Crippen LogP) is 2.09.